The maximum atomic E-state index is 12.1. The summed E-state index contributed by atoms with van der Waals surface area (Å²) in [5.41, 5.74) is 0.286. The van der Waals surface area contributed by atoms with E-state index >= 15 is 0 Å². The summed E-state index contributed by atoms with van der Waals surface area (Å²) >= 11 is 0. The molecular formula is C13H28F2IN3. The van der Waals surface area contributed by atoms with Crippen molar-refractivity contribution in [1.29, 1.82) is 0 Å². The van der Waals surface area contributed by atoms with Gasteiger partial charge >= 0.3 is 0 Å². The Morgan fingerprint density at radius 1 is 1.26 bits per heavy atom. The number of nitrogens with one attached hydrogen (secondary N) is 2. The number of alkyl halides is 2. The van der Waals surface area contributed by atoms with Crippen LogP contribution in [0.5, 0.6) is 0 Å². The van der Waals surface area contributed by atoms with E-state index in [1.165, 1.54) is 0 Å². The molecule has 0 aliphatic heterocycles. The van der Waals surface area contributed by atoms with E-state index in [9.17, 15) is 8.78 Å². The molecule has 0 radical (unpaired) electrons. The first-order chi connectivity index (χ1) is 8.24. The lowest BCUT2D eigenvalue weighted by Gasteiger charge is -2.23. The van der Waals surface area contributed by atoms with E-state index in [-0.39, 0.29) is 35.4 Å². The molecule has 0 aromatic heterocycles. The lowest BCUT2D eigenvalue weighted by atomic mass is 9.89. The van der Waals surface area contributed by atoms with Crippen molar-refractivity contribution >= 4 is 29.9 Å². The number of halogens is 3. The van der Waals surface area contributed by atoms with Crippen molar-refractivity contribution in [2.45, 2.75) is 59.9 Å². The molecule has 0 amide bonds. The van der Waals surface area contributed by atoms with Gasteiger partial charge in [-0.05, 0) is 32.1 Å². The zero-order valence-corrected chi connectivity index (χ0v) is 14.9. The fourth-order valence-electron chi connectivity index (χ4n) is 1.44. The minimum atomic E-state index is -2.40. The summed E-state index contributed by atoms with van der Waals surface area (Å²) < 4.78 is 24.2. The molecule has 0 spiro atoms. The number of hydrogen-bond donors (Lipinski definition) is 2. The summed E-state index contributed by atoms with van der Waals surface area (Å²) in [7, 11) is 0. The monoisotopic (exact) mass is 391 g/mol. The van der Waals surface area contributed by atoms with Gasteiger partial charge in [0.1, 0.15) is 6.54 Å². The first kappa shape index (κ1) is 21.2. The number of guanidine groups is 1. The van der Waals surface area contributed by atoms with Crippen LogP contribution in [0, 0.1) is 5.41 Å². The molecule has 2 N–H and O–H groups in total. The van der Waals surface area contributed by atoms with Crippen LogP contribution in [0.1, 0.15) is 47.5 Å². The van der Waals surface area contributed by atoms with Crippen LogP contribution in [0.15, 0.2) is 4.99 Å². The van der Waals surface area contributed by atoms with Gasteiger partial charge in [0.05, 0.1) is 0 Å². The van der Waals surface area contributed by atoms with E-state index in [0.29, 0.717) is 12.5 Å². The van der Waals surface area contributed by atoms with Crippen LogP contribution in [-0.4, -0.2) is 31.5 Å². The molecule has 1 atom stereocenters. The van der Waals surface area contributed by atoms with Crippen molar-refractivity contribution in [3.63, 3.8) is 0 Å². The molecule has 0 fully saturated rings. The van der Waals surface area contributed by atoms with Crippen molar-refractivity contribution in [1.82, 2.24) is 10.6 Å². The summed E-state index contributed by atoms with van der Waals surface area (Å²) in [5, 5.41) is 6.12. The Morgan fingerprint density at radius 3 is 2.26 bits per heavy atom. The van der Waals surface area contributed by atoms with Gasteiger partial charge in [0.2, 0.25) is 0 Å². The Labute approximate surface area is 133 Å². The summed E-state index contributed by atoms with van der Waals surface area (Å²) in [5.74, 6) is 0.471. The second kappa shape index (κ2) is 10.6. The molecular weight excluding hydrogens is 363 g/mol. The van der Waals surface area contributed by atoms with Gasteiger partial charge in [0.25, 0.3) is 6.43 Å². The standard InChI is InChI=1S/C13H27F2N3.HI/c1-6-16-12(17-9-11(14)15)18-10(2)7-8-13(3,4)5;/h10-11H,6-9H2,1-5H3,(H2,16,17,18);1H. The second-order valence-electron chi connectivity index (χ2n) is 5.76. The van der Waals surface area contributed by atoms with Crippen molar-refractivity contribution < 1.29 is 8.78 Å². The molecule has 116 valence electrons. The molecule has 0 rings (SSSR count). The average Bonchev–Trinajstić information content (AvgIpc) is 2.22. The smallest absolute Gasteiger partial charge is 0.257 e. The van der Waals surface area contributed by atoms with Crippen molar-refractivity contribution in [2.75, 3.05) is 13.1 Å². The van der Waals surface area contributed by atoms with Crippen LogP contribution in [0.2, 0.25) is 0 Å². The Bertz CT molecular complexity index is 253. The van der Waals surface area contributed by atoms with Crippen LogP contribution >= 0.6 is 24.0 Å². The highest BCUT2D eigenvalue weighted by molar-refractivity contribution is 14.0. The van der Waals surface area contributed by atoms with E-state index in [2.05, 4.69) is 36.4 Å². The van der Waals surface area contributed by atoms with Gasteiger partial charge in [0, 0.05) is 12.6 Å². The van der Waals surface area contributed by atoms with Gasteiger partial charge < -0.3 is 10.6 Å². The zero-order chi connectivity index (χ0) is 14.2. The van der Waals surface area contributed by atoms with E-state index in [1.54, 1.807) is 0 Å². The van der Waals surface area contributed by atoms with E-state index in [4.69, 9.17) is 0 Å². The fourth-order valence-corrected chi connectivity index (χ4v) is 1.44. The first-order valence-corrected chi connectivity index (χ1v) is 6.57. The molecule has 6 heteroatoms. The molecule has 0 heterocycles. The number of aliphatic imine (C=N–C) groups is 1. The normalized spacial score (nSPS) is 14.0. The van der Waals surface area contributed by atoms with Gasteiger partial charge in [-0.15, -0.1) is 24.0 Å². The summed E-state index contributed by atoms with van der Waals surface area (Å²) in [6, 6.07) is 0.222. The third kappa shape index (κ3) is 14.1. The fraction of sp³-hybridized carbons (Fsp3) is 0.923. The lowest BCUT2D eigenvalue weighted by molar-refractivity contribution is 0.158. The maximum Gasteiger partial charge on any atom is 0.257 e. The molecule has 3 nitrogen and oxygen atoms in total. The molecule has 1 unspecified atom stereocenters. The highest BCUT2D eigenvalue weighted by atomic mass is 127. The average molecular weight is 391 g/mol. The predicted octanol–water partition coefficient (Wildman–Crippen LogP) is 3.64. The molecule has 0 bridgehead atoms. The largest absolute Gasteiger partial charge is 0.357 e. The topological polar surface area (TPSA) is 36.4 Å². The van der Waals surface area contributed by atoms with E-state index in [1.807, 2.05) is 13.8 Å². The molecule has 0 aliphatic rings. The molecule has 0 aliphatic carbocycles. The van der Waals surface area contributed by atoms with E-state index < -0.39 is 13.0 Å². The van der Waals surface area contributed by atoms with Gasteiger partial charge in [-0.1, -0.05) is 20.8 Å². The van der Waals surface area contributed by atoms with Crippen LogP contribution in [0.3, 0.4) is 0 Å². The number of nitrogens with zero attached hydrogens (tertiary/aromatic N) is 1. The zero-order valence-electron chi connectivity index (χ0n) is 12.6. The number of hydrogen-bond acceptors (Lipinski definition) is 1. The van der Waals surface area contributed by atoms with Crippen LogP contribution in [0.4, 0.5) is 8.78 Å². The van der Waals surface area contributed by atoms with Gasteiger partial charge in [-0.25, -0.2) is 13.8 Å². The molecule has 0 aromatic carbocycles. The first-order valence-electron chi connectivity index (χ1n) is 6.57. The third-order valence-corrected chi connectivity index (χ3v) is 2.44. The molecule has 0 saturated carbocycles. The minimum Gasteiger partial charge on any atom is -0.357 e. The van der Waals surface area contributed by atoms with Gasteiger partial charge in [-0.2, -0.15) is 0 Å². The molecule has 19 heavy (non-hydrogen) atoms. The minimum absolute atomic E-state index is 0. The highest BCUT2D eigenvalue weighted by Gasteiger charge is 2.13. The quantitative estimate of drug-likeness (QED) is 0.412. The molecule has 0 saturated heterocycles. The Balaban J connectivity index is 0. The Hall–Kier alpha value is -0.140. The second-order valence-corrected chi connectivity index (χ2v) is 5.76. The summed E-state index contributed by atoms with van der Waals surface area (Å²) in [6.07, 6.45) is -0.330. The van der Waals surface area contributed by atoms with Crippen LogP contribution in [-0.2, 0) is 0 Å². The predicted molar refractivity (Wildman–Crippen MR) is 88.7 cm³/mol. The van der Waals surface area contributed by atoms with Gasteiger partial charge in [-0.3, -0.25) is 0 Å². The number of rotatable bonds is 6. The van der Waals surface area contributed by atoms with Gasteiger partial charge in [0.15, 0.2) is 5.96 Å². The highest BCUT2D eigenvalue weighted by Crippen LogP contribution is 2.21. The van der Waals surface area contributed by atoms with Crippen LogP contribution in [0.25, 0.3) is 0 Å². The summed E-state index contributed by atoms with van der Waals surface area (Å²) in [6.45, 7) is 10.7. The van der Waals surface area contributed by atoms with Crippen molar-refractivity contribution in [3.8, 4) is 0 Å². The Kier molecular flexibility index (Phi) is 11.8. The summed E-state index contributed by atoms with van der Waals surface area (Å²) in [4.78, 5) is 3.84. The SMILES string of the molecule is CCNC(=NCC(F)F)NC(C)CCC(C)(C)C.I. The maximum absolute atomic E-state index is 12.1. The lowest BCUT2D eigenvalue weighted by Crippen LogP contribution is -2.42. The van der Waals surface area contributed by atoms with Crippen molar-refractivity contribution in [3.05, 3.63) is 0 Å². The molecule has 0 aromatic rings. The van der Waals surface area contributed by atoms with Crippen LogP contribution < -0.4 is 10.6 Å². The third-order valence-electron chi connectivity index (χ3n) is 2.44. The van der Waals surface area contributed by atoms with E-state index in [0.717, 1.165) is 12.8 Å². The van der Waals surface area contributed by atoms with Crippen molar-refractivity contribution in [2.24, 2.45) is 10.4 Å². The Morgan fingerprint density at radius 2 is 1.84 bits per heavy atom.